The van der Waals surface area contributed by atoms with Crippen LogP contribution in [0.25, 0.3) is 0 Å². The molecule has 0 saturated carbocycles. The second kappa shape index (κ2) is 8.34. The molecular formula is C20H20Cl2N2O4S. The molecule has 29 heavy (non-hydrogen) atoms. The van der Waals surface area contributed by atoms with Crippen molar-refractivity contribution in [2.75, 3.05) is 25.6 Å². The number of carbonyl (C=O) groups excluding carboxylic acids is 2. The minimum absolute atomic E-state index is 0.203. The van der Waals surface area contributed by atoms with E-state index in [1.807, 2.05) is 0 Å². The SMILES string of the molecule is CN(C(=O)c1ccc(Cl)cc1)[C@H]1CS(=O)(=O)C[C@@H]1N(C)C(=O)c1ccc(Cl)cc1. The molecule has 154 valence electrons. The largest absolute Gasteiger partial charge is 0.336 e. The molecule has 0 unspecified atom stereocenters. The minimum atomic E-state index is -3.41. The van der Waals surface area contributed by atoms with Crippen LogP contribution in [-0.4, -0.2) is 67.7 Å². The number of rotatable bonds is 4. The van der Waals surface area contributed by atoms with Gasteiger partial charge in [0.15, 0.2) is 9.84 Å². The van der Waals surface area contributed by atoms with Crippen LogP contribution in [0.1, 0.15) is 20.7 Å². The third kappa shape index (κ3) is 4.74. The molecule has 2 atom stereocenters. The maximum Gasteiger partial charge on any atom is 0.253 e. The summed E-state index contributed by atoms with van der Waals surface area (Å²) in [7, 11) is -0.306. The van der Waals surface area contributed by atoms with E-state index < -0.39 is 21.9 Å². The Bertz CT molecular complexity index is 946. The van der Waals surface area contributed by atoms with Gasteiger partial charge in [0.25, 0.3) is 11.8 Å². The highest BCUT2D eigenvalue weighted by Crippen LogP contribution is 2.25. The van der Waals surface area contributed by atoms with Crippen LogP contribution >= 0.6 is 23.2 Å². The van der Waals surface area contributed by atoms with Gasteiger partial charge in [-0.1, -0.05) is 23.2 Å². The summed E-state index contributed by atoms with van der Waals surface area (Å²) in [6, 6.07) is 11.4. The maximum absolute atomic E-state index is 12.9. The number of amides is 2. The molecule has 9 heteroatoms. The molecule has 3 rings (SSSR count). The smallest absolute Gasteiger partial charge is 0.253 e. The van der Waals surface area contributed by atoms with Crippen molar-refractivity contribution in [3.8, 4) is 0 Å². The van der Waals surface area contributed by atoms with Crippen molar-refractivity contribution >= 4 is 44.9 Å². The van der Waals surface area contributed by atoms with Crippen molar-refractivity contribution < 1.29 is 18.0 Å². The van der Waals surface area contributed by atoms with Gasteiger partial charge >= 0.3 is 0 Å². The van der Waals surface area contributed by atoms with Crippen LogP contribution in [0.15, 0.2) is 48.5 Å². The molecule has 0 bridgehead atoms. The van der Waals surface area contributed by atoms with Crippen molar-refractivity contribution in [1.29, 1.82) is 0 Å². The predicted molar refractivity (Wildman–Crippen MR) is 113 cm³/mol. The number of hydrogen-bond acceptors (Lipinski definition) is 4. The van der Waals surface area contributed by atoms with Crippen molar-refractivity contribution in [3.05, 3.63) is 69.7 Å². The molecule has 1 saturated heterocycles. The summed E-state index contributed by atoms with van der Waals surface area (Å²) >= 11 is 11.7. The van der Waals surface area contributed by atoms with E-state index in [-0.39, 0.29) is 23.3 Å². The number of sulfone groups is 1. The zero-order chi connectivity index (χ0) is 21.3. The van der Waals surface area contributed by atoms with E-state index in [1.54, 1.807) is 62.6 Å². The van der Waals surface area contributed by atoms with Gasteiger partial charge in [-0.2, -0.15) is 0 Å². The summed E-state index contributed by atoms with van der Waals surface area (Å²) in [5, 5.41) is 0.998. The number of benzene rings is 2. The number of likely N-dealkylation sites (N-methyl/N-ethyl adjacent to an activating group) is 2. The van der Waals surface area contributed by atoms with E-state index in [0.717, 1.165) is 0 Å². The normalized spacial score (nSPS) is 20.3. The lowest BCUT2D eigenvalue weighted by atomic mass is 10.1. The second-order valence-electron chi connectivity index (χ2n) is 7.06. The van der Waals surface area contributed by atoms with Crippen LogP contribution in [0.2, 0.25) is 10.0 Å². The Hall–Kier alpha value is -2.09. The van der Waals surface area contributed by atoms with Gasteiger partial charge in [0, 0.05) is 35.3 Å². The lowest BCUT2D eigenvalue weighted by molar-refractivity contribution is 0.0579. The zero-order valence-corrected chi connectivity index (χ0v) is 18.2. The third-order valence-electron chi connectivity index (χ3n) is 5.11. The second-order valence-corrected chi connectivity index (χ2v) is 10.1. The van der Waals surface area contributed by atoms with Crippen LogP contribution < -0.4 is 0 Å². The molecule has 1 aliphatic rings. The number of halogens is 2. The molecule has 1 fully saturated rings. The first-order chi connectivity index (χ1) is 13.6. The molecule has 1 aliphatic heterocycles. The van der Waals surface area contributed by atoms with Gasteiger partial charge in [-0.25, -0.2) is 8.42 Å². The fraction of sp³-hybridized carbons (Fsp3) is 0.300. The van der Waals surface area contributed by atoms with Gasteiger partial charge in [0.2, 0.25) is 0 Å². The Morgan fingerprint density at radius 3 is 1.38 bits per heavy atom. The summed E-state index contributed by atoms with van der Waals surface area (Å²) < 4.78 is 24.7. The Morgan fingerprint density at radius 1 is 0.759 bits per heavy atom. The highest BCUT2D eigenvalue weighted by atomic mass is 35.5. The van der Waals surface area contributed by atoms with E-state index in [4.69, 9.17) is 23.2 Å². The predicted octanol–water partition coefficient (Wildman–Crippen LogP) is 3.00. The van der Waals surface area contributed by atoms with E-state index >= 15 is 0 Å². The van der Waals surface area contributed by atoms with Crippen molar-refractivity contribution in [3.63, 3.8) is 0 Å². The van der Waals surface area contributed by atoms with Gasteiger partial charge in [-0.3, -0.25) is 9.59 Å². The lowest BCUT2D eigenvalue weighted by Gasteiger charge is -2.34. The molecule has 2 amide bonds. The first-order valence-corrected chi connectivity index (χ1v) is 11.4. The van der Waals surface area contributed by atoms with Crippen LogP contribution in [-0.2, 0) is 9.84 Å². The van der Waals surface area contributed by atoms with Crippen molar-refractivity contribution in [1.82, 2.24) is 9.80 Å². The summed E-state index contributed by atoms with van der Waals surface area (Å²) in [6.07, 6.45) is 0. The van der Waals surface area contributed by atoms with Crippen LogP contribution in [0.4, 0.5) is 0 Å². The lowest BCUT2D eigenvalue weighted by Crippen LogP contribution is -2.52. The van der Waals surface area contributed by atoms with E-state index in [2.05, 4.69) is 0 Å². The standard InChI is InChI=1S/C20H20Cl2N2O4S/c1-23(19(25)13-3-7-15(21)8-4-13)17-11-29(27,28)12-18(17)24(2)20(26)14-5-9-16(22)10-6-14/h3-10,17-18H,11-12H2,1-2H3/t17-,18-/m0/s1. The van der Waals surface area contributed by atoms with Crippen molar-refractivity contribution in [2.24, 2.45) is 0 Å². The molecule has 0 spiro atoms. The maximum atomic E-state index is 12.9. The Balaban J connectivity index is 1.86. The number of carbonyl (C=O) groups is 2. The highest BCUT2D eigenvalue weighted by molar-refractivity contribution is 7.91. The van der Waals surface area contributed by atoms with Crippen LogP contribution in [0, 0.1) is 0 Å². The topological polar surface area (TPSA) is 74.8 Å². The van der Waals surface area contributed by atoms with Crippen LogP contribution in [0.3, 0.4) is 0 Å². The highest BCUT2D eigenvalue weighted by Gasteiger charge is 2.44. The molecular weight excluding hydrogens is 435 g/mol. The fourth-order valence-electron chi connectivity index (χ4n) is 3.44. The molecule has 0 aliphatic carbocycles. The van der Waals surface area contributed by atoms with Gasteiger partial charge < -0.3 is 9.80 Å². The number of nitrogens with zero attached hydrogens (tertiary/aromatic N) is 2. The van der Waals surface area contributed by atoms with Gasteiger partial charge in [0.1, 0.15) is 0 Å². The summed E-state index contributed by atoms with van der Waals surface area (Å²) in [6.45, 7) is 0. The molecule has 0 aromatic heterocycles. The quantitative estimate of drug-likeness (QED) is 0.711. The average molecular weight is 455 g/mol. The minimum Gasteiger partial charge on any atom is -0.336 e. The Morgan fingerprint density at radius 2 is 1.07 bits per heavy atom. The van der Waals surface area contributed by atoms with E-state index in [1.165, 1.54) is 9.80 Å². The van der Waals surface area contributed by atoms with Crippen molar-refractivity contribution in [2.45, 2.75) is 12.1 Å². The molecule has 2 aromatic rings. The van der Waals surface area contributed by atoms with E-state index in [9.17, 15) is 18.0 Å². The summed E-state index contributed by atoms with van der Waals surface area (Å²) in [5.41, 5.74) is 0.790. The Labute approximate surface area is 179 Å². The zero-order valence-electron chi connectivity index (χ0n) is 15.9. The fourth-order valence-corrected chi connectivity index (χ4v) is 5.76. The van der Waals surface area contributed by atoms with E-state index in [0.29, 0.717) is 21.2 Å². The molecule has 6 nitrogen and oxygen atoms in total. The third-order valence-corrected chi connectivity index (χ3v) is 7.31. The monoisotopic (exact) mass is 454 g/mol. The molecule has 2 aromatic carbocycles. The molecule has 0 radical (unpaired) electrons. The average Bonchev–Trinajstić information content (AvgIpc) is 3.02. The molecule has 0 N–H and O–H groups in total. The molecule has 1 heterocycles. The first-order valence-electron chi connectivity index (χ1n) is 8.85. The first kappa shape index (κ1) is 21.6. The number of hydrogen-bond donors (Lipinski definition) is 0. The van der Waals surface area contributed by atoms with Crippen LogP contribution in [0.5, 0.6) is 0 Å². The van der Waals surface area contributed by atoms with Gasteiger partial charge in [-0.05, 0) is 48.5 Å². The van der Waals surface area contributed by atoms with Gasteiger partial charge in [-0.15, -0.1) is 0 Å². The Kier molecular flexibility index (Phi) is 6.22. The summed E-state index contributed by atoms with van der Waals surface area (Å²) in [4.78, 5) is 28.5. The summed E-state index contributed by atoms with van der Waals surface area (Å²) in [5.74, 6) is -1.07. The van der Waals surface area contributed by atoms with Gasteiger partial charge in [0.05, 0.1) is 23.6 Å².